The quantitative estimate of drug-likeness (QED) is 0.415. The molecule has 0 bridgehead atoms. The van der Waals surface area contributed by atoms with Gasteiger partial charge in [0.25, 0.3) is 6.33 Å². The van der Waals surface area contributed by atoms with Gasteiger partial charge in [0.05, 0.1) is 7.05 Å². The Morgan fingerprint density at radius 2 is 2.11 bits per heavy atom. The normalized spacial score (nSPS) is 10.3. The van der Waals surface area contributed by atoms with Gasteiger partial charge in [-0.05, 0) is 19.3 Å². The minimum Gasteiger partial charge on any atom is -0.307 e. The Hall–Kier alpha value is -1.58. The van der Waals surface area contributed by atoms with Crippen LogP contribution in [0.2, 0.25) is 0 Å². The summed E-state index contributed by atoms with van der Waals surface area (Å²) in [7, 11) is 3.76. The molecule has 1 amide bonds. The van der Waals surface area contributed by atoms with Crippen molar-refractivity contribution in [2.24, 2.45) is 7.05 Å². The predicted molar refractivity (Wildman–Crippen MR) is 72.3 cm³/mol. The molecule has 1 aromatic rings. The average molecular weight is 250 g/mol. The monoisotopic (exact) mass is 250 g/mol. The fourth-order valence-electron chi connectivity index (χ4n) is 1.85. The van der Waals surface area contributed by atoms with E-state index in [4.69, 9.17) is 0 Å². The summed E-state index contributed by atoms with van der Waals surface area (Å²) in [4.78, 5) is 13.8. The van der Waals surface area contributed by atoms with Crippen LogP contribution < -0.4 is 4.57 Å². The second kappa shape index (κ2) is 7.69. The maximum absolute atomic E-state index is 12.0. The molecule has 18 heavy (non-hydrogen) atoms. The number of nitrogens with zero attached hydrogens (tertiary/aromatic N) is 3. The molecule has 0 aromatic carbocycles. The molecule has 0 aliphatic carbocycles. The van der Waals surface area contributed by atoms with Crippen molar-refractivity contribution in [1.29, 1.82) is 0 Å². The minimum atomic E-state index is 0.0293. The van der Waals surface area contributed by atoms with Crippen LogP contribution in [0.3, 0.4) is 0 Å². The lowest BCUT2D eigenvalue weighted by atomic mass is 10.1. The summed E-state index contributed by atoms with van der Waals surface area (Å²) in [5.74, 6) is 0. The predicted octanol–water partition coefficient (Wildman–Crippen LogP) is 2.35. The Balaban J connectivity index is 2.22. The lowest BCUT2D eigenvalue weighted by molar-refractivity contribution is -0.670. The fraction of sp³-hybridized carbons (Fsp3) is 0.571. The topological polar surface area (TPSA) is 29.1 Å². The summed E-state index contributed by atoms with van der Waals surface area (Å²) in [5.41, 5.74) is 0. The number of aromatic nitrogens is 2. The molecule has 0 aliphatic rings. The van der Waals surface area contributed by atoms with Crippen molar-refractivity contribution in [3.05, 3.63) is 31.4 Å². The van der Waals surface area contributed by atoms with Gasteiger partial charge in [-0.3, -0.25) is 0 Å². The lowest BCUT2D eigenvalue weighted by Gasteiger charge is -2.13. The largest absolute Gasteiger partial charge is 0.415 e. The van der Waals surface area contributed by atoms with Gasteiger partial charge in [-0.1, -0.05) is 18.9 Å². The summed E-state index contributed by atoms with van der Waals surface area (Å²) >= 11 is 0. The number of aryl methyl sites for hydroxylation is 1. The van der Waals surface area contributed by atoms with Gasteiger partial charge in [-0.15, -0.1) is 6.58 Å². The van der Waals surface area contributed by atoms with Gasteiger partial charge < -0.3 is 4.90 Å². The first kappa shape index (κ1) is 14.5. The molecule has 0 atom stereocenters. The van der Waals surface area contributed by atoms with Crippen LogP contribution in [-0.4, -0.2) is 29.1 Å². The number of hydrogen-bond acceptors (Lipinski definition) is 1. The van der Waals surface area contributed by atoms with Crippen molar-refractivity contribution < 1.29 is 9.36 Å². The average Bonchev–Trinajstić information content (AvgIpc) is 2.79. The van der Waals surface area contributed by atoms with Gasteiger partial charge in [0.1, 0.15) is 12.4 Å². The molecule has 4 heteroatoms. The van der Waals surface area contributed by atoms with Crippen LogP contribution in [0.1, 0.15) is 32.1 Å². The Morgan fingerprint density at radius 3 is 2.72 bits per heavy atom. The third-order valence-electron chi connectivity index (χ3n) is 2.97. The maximum Gasteiger partial charge on any atom is 0.415 e. The first-order valence-corrected chi connectivity index (χ1v) is 6.54. The zero-order chi connectivity index (χ0) is 13.4. The molecule has 0 radical (unpaired) electrons. The molecule has 0 N–H and O–H groups in total. The van der Waals surface area contributed by atoms with Gasteiger partial charge in [-0.2, -0.15) is 4.57 Å². The molecule has 0 spiro atoms. The molecule has 0 saturated carbocycles. The van der Waals surface area contributed by atoms with E-state index in [2.05, 4.69) is 6.58 Å². The molecular weight excluding hydrogens is 226 g/mol. The maximum atomic E-state index is 12.0. The van der Waals surface area contributed by atoms with E-state index in [9.17, 15) is 4.79 Å². The van der Waals surface area contributed by atoms with Crippen LogP contribution in [0.5, 0.6) is 0 Å². The highest BCUT2D eigenvalue weighted by Crippen LogP contribution is 2.04. The zero-order valence-corrected chi connectivity index (χ0v) is 11.5. The van der Waals surface area contributed by atoms with Crippen molar-refractivity contribution in [3.8, 4) is 0 Å². The van der Waals surface area contributed by atoms with Crippen molar-refractivity contribution in [2.75, 3.05) is 13.6 Å². The second-order valence-corrected chi connectivity index (χ2v) is 4.68. The summed E-state index contributed by atoms with van der Waals surface area (Å²) in [6, 6.07) is 0.0293. The first-order chi connectivity index (χ1) is 8.65. The Morgan fingerprint density at radius 1 is 1.39 bits per heavy atom. The molecule has 100 valence electrons. The summed E-state index contributed by atoms with van der Waals surface area (Å²) in [6.45, 7) is 4.52. The van der Waals surface area contributed by atoms with E-state index in [1.807, 2.05) is 30.9 Å². The lowest BCUT2D eigenvalue weighted by Crippen LogP contribution is -2.33. The third-order valence-corrected chi connectivity index (χ3v) is 2.97. The molecular formula is C14H24N3O+. The van der Waals surface area contributed by atoms with Gasteiger partial charge in [0, 0.05) is 13.6 Å². The Kier molecular flexibility index (Phi) is 6.19. The Bertz CT molecular complexity index is 384. The standard InChI is InChI=1S/C14H24N3O/c1-4-5-6-7-8-9-10-16(3)14(18)17-12-11-15(2)13-17/h4,11-13H,1,5-10H2,2-3H3/q+1. The van der Waals surface area contributed by atoms with Crippen LogP contribution in [-0.2, 0) is 7.05 Å². The molecule has 1 rings (SSSR count). The molecule has 0 fully saturated rings. The second-order valence-electron chi connectivity index (χ2n) is 4.68. The zero-order valence-electron chi connectivity index (χ0n) is 11.5. The van der Waals surface area contributed by atoms with E-state index in [1.165, 1.54) is 19.3 Å². The van der Waals surface area contributed by atoms with Crippen molar-refractivity contribution in [3.63, 3.8) is 0 Å². The SMILES string of the molecule is C=CCCCCCCN(C)C(=O)n1cc[n+](C)c1. The highest BCUT2D eigenvalue weighted by Gasteiger charge is 2.16. The van der Waals surface area contributed by atoms with Gasteiger partial charge >= 0.3 is 6.03 Å². The molecule has 1 aromatic heterocycles. The molecule has 0 saturated heterocycles. The molecule has 0 unspecified atom stereocenters. The highest BCUT2D eigenvalue weighted by molar-refractivity contribution is 5.76. The molecule has 1 heterocycles. The third kappa shape index (κ3) is 4.73. The number of unbranched alkanes of at least 4 members (excludes halogenated alkanes) is 4. The minimum absolute atomic E-state index is 0.0293. The van der Waals surface area contributed by atoms with Crippen LogP contribution >= 0.6 is 0 Å². The number of imidazole rings is 1. The number of amides is 1. The van der Waals surface area contributed by atoms with E-state index in [0.717, 1.165) is 19.4 Å². The van der Waals surface area contributed by atoms with Crippen molar-refractivity contribution in [2.45, 2.75) is 32.1 Å². The highest BCUT2D eigenvalue weighted by atomic mass is 16.2. The number of carbonyl (C=O) groups is 1. The first-order valence-electron chi connectivity index (χ1n) is 6.54. The fourth-order valence-corrected chi connectivity index (χ4v) is 1.85. The van der Waals surface area contributed by atoms with Crippen LogP contribution in [0.15, 0.2) is 31.4 Å². The van der Waals surface area contributed by atoms with E-state index < -0.39 is 0 Å². The van der Waals surface area contributed by atoms with Gasteiger partial charge in [0.15, 0.2) is 0 Å². The smallest absolute Gasteiger partial charge is 0.307 e. The van der Waals surface area contributed by atoms with Crippen LogP contribution in [0.25, 0.3) is 0 Å². The van der Waals surface area contributed by atoms with E-state index in [1.54, 1.807) is 22.0 Å². The molecule has 0 aliphatic heterocycles. The molecule has 4 nitrogen and oxygen atoms in total. The van der Waals surface area contributed by atoms with Crippen molar-refractivity contribution >= 4 is 6.03 Å². The summed E-state index contributed by atoms with van der Waals surface area (Å²) in [6.07, 6.45) is 13.1. The van der Waals surface area contributed by atoms with E-state index >= 15 is 0 Å². The van der Waals surface area contributed by atoms with Crippen LogP contribution in [0.4, 0.5) is 4.79 Å². The number of carbonyl (C=O) groups excluding carboxylic acids is 1. The van der Waals surface area contributed by atoms with Gasteiger partial charge in [0.2, 0.25) is 0 Å². The van der Waals surface area contributed by atoms with Crippen molar-refractivity contribution in [1.82, 2.24) is 9.47 Å². The van der Waals surface area contributed by atoms with Crippen LogP contribution in [0, 0.1) is 0 Å². The summed E-state index contributed by atoms with van der Waals surface area (Å²) in [5, 5.41) is 0. The van der Waals surface area contributed by atoms with E-state index in [-0.39, 0.29) is 6.03 Å². The Labute approximate surface area is 110 Å². The number of allylic oxidation sites excluding steroid dienone is 1. The number of hydrogen-bond donors (Lipinski definition) is 0. The number of rotatable bonds is 7. The summed E-state index contributed by atoms with van der Waals surface area (Å²) < 4.78 is 3.47. The van der Waals surface area contributed by atoms with E-state index in [0.29, 0.717) is 0 Å². The van der Waals surface area contributed by atoms with Gasteiger partial charge in [-0.25, -0.2) is 9.36 Å².